The first-order valence-electron chi connectivity index (χ1n) is 7.91. The summed E-state index contributed by atoms with van der Waals surface area (Å²) >= 11 is 0. The maximum Gasteiger partial charge on any atom is 0.278 e. The Kier molecular flexibility index (Phi) is 3.51. The lowest BCUT2D eigenvalue weighted by Gasteiger charge is -2.09. The molecule has 0 bridgehead atoms. The van der Waals surface area contributed by atoms with Crippen molar-refractivity contribution in [3.05, 3.63) is 57.8 Å². The first kappa shape index (κ1) is 16.0. The van der Waals surface area contributed by atoms with E-state index in [2.05, 4.69) is 10.1 Å². The quantitative estimate of drug-likeness (QED) is 0.739. The van der Waals surface area contributed by atoms with Crippen LogP contribution in [0.5, 0.6) is 0 Å². The molecule has 0 spiro atoms. The van der Waals surface area contributed by atoms with Crippen molar-refractivity contribution in [2.75, 3.05) is 0 Å². The van der Waals surface area contributed by atoms with Crippen molar-refractivity contribution in [3.63, 3.8) is 0 Å². The van der Waals surface area contributed by atoms with Gasteiger partial charge in [0.15, 0.2) is 5.82 Å². The van der Waals surface area contributed by atoms with Crippen LogP contribution < -0.4 is 10.7 Å². The van der Waals surface area contributed by atoms with Gasteiger partial charge in [-0.3, -0.25) is 4.79 Å². The summed E-state index contributed by atoms with van der Waals surface area (Å²) in [6.45, 7) is 2.18. The van der Waals surface area contributed by atoms with Crippen LogP contribution in [0.2, 0.25) is 0 Å². The average Bonchev–Trinajstić information content (AvgIpc) is 3.31. The molecule has 1 fully saturated rings. The smallest absolute Gasteiger partial charge is 0.278 e. The number of fused-ring (bicyclic) bond motifs is 1. The fourth-order valence-electron chi connectivity index (χ4n) is 2.77. The molecule has 1 aromatic carbocycles. The highest BCUT2D eigenvalue weighted by molar-refractivity contribution is 7.89. The molecule has 1 aliphatic rings. The number of nitrogens with zero attached hydrogens (tertiary/aromatic N) is 4. The number of nitrogens with two attached hydrogens (primary N) is 1. The molecule has 0 saturated heterocycles. The molecule has 9 heteroatoms. The Bertz CT molecular complexity index is 1130. The summed E-state index contributed by atoms with van der Waals surface area (Å²) in [6, 6.07) is 6.33. The lowest BCUT2D eigenvalue weighted by atomic mass is 10.2. The minimum Gasteiger partial charge on any atom is -0.312 e. The van der Waals surface area contributed by atoms with E-state index in [4.69, 9.17) is 5.14 Å². The van der Waals surface area contributed by atoms with Crippen LogP contribution in [-0.2, 0) is 16.6 Å². The summed E-state index contributed by atoms with van der Waals surface area (Å²) in [5.41, 5.74) is 1.27. The van der Waals surface area contributed by atoms with Crippen molar-refractivity contribution < 1.29 is 8.42 Å². The topological polar surface area (TPSA) is 112 Å². The Labute approximate surface area is 144 Å². The van der Waals surface area contributed by atoms with Crippen LogP contribution in [0, 0.1) is 6.92 Å². The molecule has 130 valence electrons. The van der Waals surface area contributed by atoms with E-state index in [1.54, 1.807) is 25.3 Å². The van der Waals surface area contributed by atoms with Crippen LogP contribution in [0.15, 0.2) is 40.2 Å². The van der Waals surface area contributed by atoms with Gasteiger partial charge in [-0.1, -0.05) is 12.1 Å². The first-order chi connectivity index (χ1) is 11.8. The van der Waals surface area contributed by atoms with Crippen molar-refractivity contribution in [1.29, 1.82) is 0 Å². The molecule has 2 N–H and O–H groups in total. The number of sulfonamides is 1. The van der Waals surface area contributed by atoms with Gasteiger partial charge in [-0.15, -0.1) is 5.10 Å². The van der Waals surface area contributed by atoms with Crippen LogP contribution >= 0.6 is 0 Å². The van der Waals surface area contributed by atoms with Gasteiger partial charge in [0.25, 0.3) is 5.56 Å². The van der Waals surface area contributed by atoms with E-state index in [1.165, 1.54) is 16.6 Å². The highest BCUT2D eigenvalue weighted by atomic mass is 32.2. The molecule has 0 amide bonds. The highest BCUT2D eigenvalue weighted by Gasteiger charge is 2.29. The lowest BCUT2D eigenvalue weighted by Crippen LogP contribution is -2.21. The molecule has 4 rings (SSSR count). The number of hydrogen-bond donors (Lipinski definition) is 1. The third kappa shape index (κ3) is 2.96. The summed E-state index contributed by atoms with van der Waals surface area (Å²) in [6.07, 6.45) is 3.86. The fraction of sp³-hybridized carbons (Fsp3) is 0.312. The molecule has 2 aromatic heterocycles. The van der Waals surface area contributed by atoms with Crippen LogP contribution in [0.4, 0.5) is 0 Å². The SMILES string of the molecule is Cc1cn(Cc2ccc(S(N)(=O)=O)cc2)c2nc(C3CC3)nn2c1=O. The number of primary sulfonamides is 1. The molecule has 0 radical (unpaired) electrons. The second kappa shape index (κ2) is 5.50. The van der Waals surface area contributed by atoms with Gasteiger partial charge in [0.05, 0.1) is 11.4 Å². The Hall–Kier alpha value is -2.52. The van der Waals surface area contributed by atoms with Gasteiger partial charge < -0.3 is 4.57 Å². The summed E-state index contributed by atoms with van der Waals surface area (Å²) in [7, 11) is -3.71. The Balaban J connectivity index is 1.76. The Morgan fingerprint density at radius 3 is 2.52 bits per heavy atom. The van der Waals surface area contributed by atoms with Crippen LogP contribution in [-0.4, -0.2) is 27.6 Å². The van der Waals surface area contributed by atoms with E-state index in [0.29, 0.717) is 29.6 Å². The van der Waals surface area contributed by atoms with E-state index in [-0.39, 0.29) is 10.5 Å². The van der Waals surface area contributed by atoms with Gasteiger partial charge in [-0.05, 0) is 37.5 Å². The van der Waals surface area contributed by atoms with Gasteiger partial charge in [-0.2, -0.15) is 9.50 Å². The van der Waals surface area contributed by atoms with Crippen molar-refractivity contribution in [1.82, 2.24) is 19.2 Å². The standard InChI is InChI=1S/C16H17N5O3S/c1-10-8-20(9-11-2-6-13(7-3-11)25(17,23)24)16-18-14(12-4-5-12)19-21(16)15(10)22/h2-3,6-8,12H,4-5,9H2,1H3,(H2,17,23,24). The van der Waals surface area contributed by atoms with Crippen LogP contribution in [0.25, 0.3) is 5.78 Å². The number of aromatic nitrogens is 4. The van der Waals surface area contributed by atoms with Crippen molar-refractivity contribution in [2.24, 2.45) is 5.14 Å². The second-order valence-corrected chi connectivity index (χ2v) is 7.95. The average molecular weight is 359 g/mol. The monoisotopic (exact) mass is 359 g/mol. The minimum absolute atomic E-state index is 0.0657. The third-order valence-corrected chi connectivity index (χ3v) is 5.22. The van der Waals surface area contributed by atoms with Gasteiger partial charge >= 0.3 is 0 Å². The minimum atomic E-state index is -3.71. The number of hydrogen-bond acceptors (Lipinski definition) is 5. The molecule has 25 heavy (non-hydrogen) atoms. The number of rotatable bonds is 4. The van der Waals surface area contributed by atoms with E-state index < -0.39 is 10.0 Å². The summed E-state index contributed by atoms with van der Waals surface area (Å²) in [5, 5.41) is 9.48. The van der Waals surface area contributed by atoms with Crippen molar-refractivity contribution >= 4 is 15.8 Å². The molecule has 1 saturated carbocycles. The molecular formula is C16H17N5O3S. The third-order valence-electron chi connectivity index (χ3n) is 4.29. The van der Waals surface area contributed by atoms with Crippen molar-refractivity contribution in [2.45, 2.75) is 37.1 Å². The molecule has 3 aromatic rings. The van der Waals surface area contributed by atoms with Crippen molar-refractivity contribution in [3.8, 4) is 0 Å². The predicted octanol–water partition coefficient (Wildman–Crippen LogP) is 0.773. The zero-order valence-electron chi connectivity index (χ0n) is 13.6. The van der Waals surface area contributed by atoms with Gasteiger partial charge in [0, 0.05) is 17.7 Å². The molecular weight excluding hydrogens is 342 g/mol. The summed E-state index contributed by atoms with van der Waals surface area (Å²) in [4.78, 5) is 16.9. The largest absolute Gasteiger partial charge is 0.312 e. The van der Waals surface area contributed by atoms with E-state index >= 15 is 0 Å². The van der Waals surface area contributed by atoms with E-state index in [1.807, 2.05) is 4.57 Å². The predicted molar refractivity (Wildman–Crippen MR) is 90.9 cm³/mol. The molecule has 0 aliphatic heterocycles. The number of benzene rings is 1. The molecule has 1 aliphatic carbocycles. The Morgan fingerprint density at radius 2 is 1.92 bits per heavy atom. The normalized spacial score (nSPS) is 15.0. The van der Waals surface area contributed by atoms with E-state index in [0.717, 1.165) is 18.4 Å². The zero-order valence-corrected chi connectivity index (χ0v) is 14.4. The maximum absolute atomic E-state index is 12.3. The summed E-state index contributed by atoms with van der Waals surface area (Å²) < 4.78 is 25.9. The zero-order chi connectivity index (χ0) is 17.8. The molecule has 0 unspecified atom stereocenters. The van der Waals surface area contributed by atoms with Gasteiger partial charge in [0.1, 0.15) is 0 Å². The molecule has 2 heterocycles. The van der Waals surface area contributed by atoms with E-state index in [9.17, 15) is 13.2 Å². The maximum atomic E-state index is 12.3. The molecule has 8 nitrogen and oxygen atoms in total. The number of aryl methyl sites for hydroxylation is 1. The first-order valence-corrected chi connectivity index (χ1v) is 9.46. The van der Waals surface area contributed by atoms with Gasteiger partial charge in [-0.25, -0.2) is 13.6 Å². The second-order valence-electron chi connectivity index (χ2n) is 6.39. The van der Waals surface area contributed by atoms with Crippen LogP contribution in [0.3, 0.4) is 0 Å². The lowest BCUT2D eigenvalue weighted by molar-refractivity contribution is 0.597. The van der Waals surface area contributed by atoms with Crippen LogP contribution in [0.1, 0.15) is 35.7 Å². The fourth-order valence-corrected chi connectivity index (χ4v) is 3.28. The highest BCUT2D eigenvalue weighted by Crippen LogP contribution is 2.38. The van der Waals surface area contributed by atoms with Gasteiger partial charge in [0.2, 0.25) is 15.8 Å². The molecule has 0 atom stereocenters. The Morgan fingerprint density at radius 1 is 1.24 bits per heavy atom. The summed E-state index contributed by atoms with van der Waals surface area (Å²) in [5.74, 6) is 1.55.